The van der Waals surface area contributed by atoms with Crippen molar-refractivity contribution in [3.63, 3.8) is 0 Å². The Balaban J connectivity index is 1.73. The Morgan fingerprint density at radius 2 is 1.89 bits per heavy atom. The zero-order valence-electron chi connectivity index (χ0n) is 16.2. The molecule has 0 unspecified atom stereocenters. The standard InChI is InChI=1S/C23H25N3O2/c1-4-14(2)15-9-10-19(20(27)11-15)21-17-7-5-6-8-18(17)22(26-25-21)24-16-12-23(3,28)13-16/h5-11,16,27-28H,2,4,12-13H2,1,3H3,(H,24,26). The summed E-state index contributed by atoms with van der Waals surface area (Å²) >= 11 is 0. The van der Waals surface area contributed by atoms with Crippen molar-refractivity contribution in [2.45, 2.75) is 44.8 Å². The smallest absolute Gasteiger partial charge is 0.156 e. The molecule has 144 valence electrons. The van der Waals surface area contributed by atoms with Crippen molar-refractivity contribution >= 4 is 22.2 Å². The minimum Gasteiger partial charge on any atom is -0.507 e. The van der Waals surface area contributed by atoms with Crippen molar-refractivity contribution in [3.8, 4) is 17.0 Å². The highest BCUT2D eigenvalue weighted by atomic mass is 16.3. The predicted molar refractivity (Wildman–Crippen MR) is 113 cm³/mol. The van der Waals surface area contributed by atoms with E-state index in [1.807, 2.05) is 50.2 Å². The van der Waals surface area contributed by atoms with E-state index in [9.17, 15) is 10.2 Å². The molecular formula is C23H25N3O2. The van der Waals surface area contributed by atoms with E-state index in [0.29, 0.717) is 29.9 Å². The molecule has 0 spiro atoms. The molecular weight excluding hydrogens is 350 g/mol. The Labute approximate surface area is 164 Å². The first kappa shape index (κ1) is 18.4. The topological polar surface area (TPSA) is 78.3 Å². The molecule has 0 radical (unpaired) electrons. The molecule has 1 aromatic heterocycles. The molecule has 1 aliphatic carbocycles. The predicted octanol–water partition coefficient (Wildman–Crippen LogP) is 4.75. The van der Waals surface area contributed by atoms with Crippen LogP contribution < -0.4 is 5.32 Å². The van der Waals surface area contributed by atoms with Gasteiger partial charge in [-0.2, -0.15) is 0 Å². The number of phenols is 1. The molecule has 1 heterocycles. The highest BCUT2D eigenvalue weighted by molar-refractivity contribution is 6.01. The van der Waals surface area contributed by atoms with E-state index in [-0.39, 0.29) is 11.8 Å². The normalized spacial score (nSPS) is 21.3. The van der Waals surface area contributed by atoms with Crippen LogP contribution in [0.15, 0.2) is 49.0 Å². The maximum absolute atomic E-state index is 10.6. The summed E-state index contributed by atoms with van der Waals surface area (Å²) in [5.41, 5.74) is 2.60. The van der Waals surface area contributed by atoms with Crippen LogP contribution in [0, 0.1) is 0 Å². The first-order chi connectivity index (χ1) is 13.4. The van der Waals surface area contributed by atoms with Crippen LogP contribution >= 0.6 is 0 Å². The van der Waals surface area contributed by atoms with E-state index in [2.05, 4.69) is 22.1 Å². The van der Waals surface area contributed by atoms with E-state index in [1.54, 1.807) is 6.07 Å². The monoisotopic (exact) mass is 375 g/mol. The van der Waals surface area contributed by atoms with E-state index in [0.717, 1.165) is 28.3 Å². The van der Waals surface area contributed by atoms with Gasteiger partial charge in [0.05, 0.1) is 5.60 Å². The molecule has 3 N–H and O–H groups in total. The summed E-state index contributed by atoms with van der Waals surface area (Å²) in [6.07, 6.45) is 2.21. The van der Waals surface area contributed by atoms with Crippen LogP contribution in [0.2, 0.25) is 0 Å². The molecule has 5 nitrogen and oxygen atoms in total. The number of nitrogens with one attached hydrogen (secondary N) is 1. The number of aromatic nitrogens is 2. The SMILES string of the molecule is C=C(CC)c1ccc(-c2nnc(NC3CC(C)(O)C3)c3ccccc23)c(O)c1. The fourth-order valence-corrected chi connectivity index (χ4v) is 3.86. The average molecular weight is 375 g/mol. The number of allylic oxidation sites excluding steroid dienone is 1. The summed E-state index contributed by atoms with van der Waals surface area (Å²) in [6.45, 7) is 7.92. The summed E-state index contributed by atoms with van der Waals surface area (Å²) in [5, 5.41) is 34.7. The molecule has 0 atom stereocenters. The molecule has 28 heavy (non-hydrogen) atoms. The fraction of sp³-hybridized carbons (Fsp3) is 0.304. The van der Waals surface area contributed by atoms with Gasteiger partial charge in [-0.3, -0.25) is 0 Å². The number of benzene rings is 2. The highest BCUT2D eigenvalue weighted by Gasteiger charge is 2.38. The van der Waals surface area contributed by atoms with Gasteiger partial charge < -0.3 is 15.5 Å². The summed E-state index contributed by atoms with van der Waals surface area (Å²) in [4.78, 5) is 0. The Hall–Kier alpha value is -2.92. The third-order valence-electron chi connectivity index (χ3n) is 5.49. The number of rotatable bonds is 5. The van der Waals surface area contributed by atoms with Crippen LogP contribution in [0.4, 0.5) is 5.82 Å². The molecule has 5 heteroatoms. The Bertz CT molecular complexity index is 1050. The molecule has 0 aliphatic heterocycles. The van der Waals surface area contributed by atoms with Gasteiger partial charge >= 0.3 is 0 Å². The molecule has 3 aromatic rings. The van der Waals surface area contributed by atoms with Crippen LogP contribution in [-0.2, 0) is 0 Å². The number of hydrogen-bond donors (Lipinski definition) is 3. The number of phenolic OH excluding ortho intramolecular Hbond substituents is 1. The lowest BCUT2D eigenvalue weighted by atomic mass is 9.77. The molecule has 0 amide bonds. The number of hydrogen-bond acceptors (Lipinski definition) is 5. The van der Waals surface area contributed by atoms with E-state index in [4.69, 9.17) is 0 Å². The van der Waals surface area contributed by atoms with Crippen LogP contribution in [0.25, 0.3) is 27.6 Å². The van der Waals surface area contributed by atoms with Crippen LogP contribution in [0.5, 0.6) is 5.75 Å². The lowest BCUT2D eigenvalue weighted by Crippen LogP contribution is -2.48. The van der Waals surface area contributed by atoms with Gasteiger partial charge in [0.25, 0.3) is 0 Å². The van der Waals surface area contributed by atoms with Crippen molar-refractivity contribution in [1.29, 1.82) is 0 Å². The van der Waals surface area contributed by atoms with Crippen molar-refractivity contribution in [2.75, 3.05) is 5.32 Å². The maximum Gasteiger partial charge on any atom is 0.156 e. The molecule has 4 rings (SSSR count). The van der Waals surface area contributed by atoms with Crippen LogP contribution in [0.1, 0.15) is 38.7 Å². The largest absolute Gasteiger partial charge is 0.507 e. The second kappa shape index (κ2) is 6.91. The average Bonchev–Trinajstić information content (AvgIpc) is 2.66. The van der Waals surface area contributed by atoms with E-state index >= 15 is 0 Å². The van der Waals surface area contributed by atoms with Crippen LogP contribution in [-0.4, -0.2) is 32.1 Å². The van der Waals surface area contributed by atoms with E-state index in [1.165, 1.54) is 0 Å². The summed E-state index contributed by atoms with van der Waals surface area (Å²) < 4.78 is 0. The van der Waals surface area contributed by atoms with Gasteiger partial charge in [-0.05, 0) is 49.5 Å². The Morgan fingerprint density at radius 3 is 2.54 bits per heavy atom. The quantitative estimate of drug-likeness (QED) is 0.600. The molecule has 1 saturated carbocycles. The van der Waals surface area contributed by atoms with Crippen molar-refractivity contribution in [3.05, 3.63) is 54.6 Å². The minimum absolute atomic E-state index is 0.169. The Morgan fingerprint density at radius 1 is 1.18 bits per heavy atom. The van der Waals surface area contributed by atoms with Gasteiger partial charge in [0.15, 0.2) is 5.82 Å². The molecule has 1 aliphatic rings. The lowest BCUT2D eigenvalue weighted by molar-refractivity contribution is -0.0235. The molecule has 0 saturated heterocycles. The van der Waals surface area contributed by atoms with Gasteiger partial charge in [-0.1, -0.05) is 43.8 Å². The minimum atomic E-state index is -0.600. The number of nitrogens with zero attached hydrogens (tertiary/aromatic N) is 2. The third-order valence-corrected chi connectivity index (χ3v) is 5.49. The maximum atomic E-state index is 10.6. The number of anilines is 1. The first-order valence-corrected chi connectivity index (χ1v) is 9.64. The summed E-state index contributed by atoms with van der Waals surface area (Å²) in [5.74, 6) is 0.873. The second-order valence-electron chi connectivity index (χ2n) is 7.88. The zero-order valence-corrected chi connectivity index (χ0v) is 16.2. The van der Waals surface area contributed by atoms with Gasteiger partial charge in [0.1, 0.15) is 11.4 Å². The van der Waals surface area contributed by atoms with Crippen LogP contribution in [0.3, 0.4) is 0 Å². The number of fused-ring (bicyclic) bond motifs is 1. The van der Waals surface area contributed by atoms with Gasteiger partial charge in [-0.15, -0.1) is 10.2 Å². The Kier molecular flexibility index (Phi) is 4.55. The van der Waals surface area contributed by atoms with Crippen molar-refractivity contribution in [2.24, 2.45) is 0 Å². The number of aliphatic hydroxyl groups is 1. The zero-order chi connectivity index (χ0) is 19.9. The first-order valence-electron chi connectivity index (χ1n) is 9.64. The summed E-state index contributed by atoms with van der Waals surface area (Å²) in [6, 6.07) is 13.7. The van der Waals surface area contributed by atoms with E-state index < -0.39 is 5.60 Å². The van der Waals surface area contributed by atoms with Crippen molar-refractivity contribution in [1.82, 2.24) is 10.2 Å². The molecule has 0 bridgehead atoms. The fourth-order valence-electron chi connectivity index (χ4n) is 3.86. The number of aromatic hydroxyl groups is 1. The highest BCUT2D eigenvalue weighted by Crippen LogP contribution is 2.38. The lowest BCUT2D eigenvalue weighted by Gasteiger charge is -2.41. The second-order valence-corrected chi connectivity index (χ2v) is 7.88. The van der Waals surface area contributed by atoms with Gasteiger partial charge in [0, 0.05) is 22.4 Å². The van der Waals surface area contributed by atoms with Gasteiger partial charge in [0.2, 0.25) is 0 Å². The molecule has 1 fully saturated rings. The summed E-state index contributed by atoms with van der Waals surface area (Å²) in [7, 11) is 0. The van der Waals surface area contributed by atoms with Gasteiger partial charge in [-0.25, -0.2) is 0 Å². The van der Waals surface area contributed by atoms with Crippen molar-refractivity contribution < 1.29 is 10.2 Å². The third kappa shape index (κ3) is 3.34. The molecule has 2 aromatic carbocycles.